The second kappa shape index (κ2) is 6.97. The first kappa shape index (κ1) is 14.5. The van der Waals surface area contributed by atoms with Gasteiger partial charge in [0, 0.05) is 6.54 Å². The van der Waals surface area contributed by atoms with E-state index in [-0.39, 0.29) is 5.97 Å². The smallest absolute Gasteiger partial charge is 0.325 e. The predicted molar refractivity (Wildman–Crippen MR) is 68.8 cm³/mol. The molecule has 4 nitrogen and oxygen atoms in total. The fourth-order valence-electron chi connectivity index (χ4n) is 2.26. The van der Waals surface area contributed by atoms with Gasteiger partial charge in [-0.15, -0.1) is 0 Å². The summed E-state index contributed by atoms with van der Waals surface area (Å²) in [6.45, 7) is 4.92. The minimum absolute atomic E-state index is 0.315. The fraction of sp³-hybridized carbons (Fsp3) is 0.923. The van der Waals surface area contributed by atoms with Crippen LogP contribution in [0.3, 0.4) is 0 Å². The monoisotopic (exact) mass is 242 g/mol. The van der Waals surface area contributed by atoms with Crippen molar-refractivity contribution in [3.8, 4) is 0 Å². The van der Waals surface area contributed by atoms with Gasteiger partial charge in [-0.2, -0.15) is 0 Å². The summed E-state index contributed by atoms with van der Waals surface area (Å²) in [5.41, 5.74) is 5.11. The minimum Gasteiger partial charge on any atom is -0.468 e. The first-order chi connectivity index (χ1) is 8.06. The second-order valence-electron chi connectivity index (χ2n) is 5.27. The van der Waals surface area contributed by atoms with Crippen LogP contribution in [0.1, 0.15) is 45.4 Å². The Balaban J connectivity index is 2.34. The van der Waals surface area contributed by atoms with Crippen LogP contribution in [-0.4, -0.2) is 43.2 Å². The van der Waals surface area contributed by atoms with E-state index in [0.717, 1.165) is 19.6 Å². The van der Waals surface area contributed by atoms with Crippen LogP contribution in [0.4, 0.5) is 0 Å². The molecule has 1 saturated heterocycles. The van der Waals surface area contributed by atoms with Crippen LogP contribution in [0.15, 0.2) is 0 Å². The summed E-state index contributed by atoms with van der Waals surface area (Å²) in [5, 5.41) is 0. The maximum atomic E-state index is 11.5. The molecule has 1 heterocycles. The minimum atomic E-state index is -0.850. The Morgan fingerprint density at radius 2 is 1.76 bits per heavy atom. The molecule has 1 fully saturated rings. The molecule has 1 aliphatic rings. The third-order valence-electron chi connectivity index (χ3n) is 3.55. The highest BCUT2D eigenvalue weighted by molar-refractivity contribution is 5.79. The van der Waals surface area contributed by atoms with E-state index >= 15 is 0 Å². The number of ether oxygens (including phenoxy) is 1. The number of hydrogen-bond donors (Lipinski definition) is 1. The lowest BCUT2D eigenvalue weighted by molar-refractivity contribution is -0.146. The first-order valence-electron chi connectivity index (χ1n) is 6.66. The van der Waals surface area contributed by atoms with Crippen LogP contribution in [-0.2, 0) is 9.53 Å². The maximum Gasteiger partial charge on any atom is 0.325 e. The molecular formula is C13H26N2O2. The van der Waals surface area contributed by atoms with Gasteiger partial charge in [-0.05, 0) is 39.3 Å². The molecule has 2 N–H and O–H groups in total. The van der Waals surface area contributed by atoms with Gasteiger partial charge in [0.1, 0.15) is 5.54 Å². The Morgan fingerprint density at radius 1 is 1.24 bits per heavy atom. The van der Waals surface area contributed by atoms with E-state index in [1.54, 1.807) is 6.92 Å². The number of likely N-dealkylation sites (tertiary alicyclic amines) is 1. The van der Waals surface area contributed by atoms with E-state index in [1.165, 1.54) is 39.2 Å². The molecule has 1 atom stereocenters. The molecule has 0 bridgehead atoms. The molecular weight excluding hydrogens is 216 g/mol. The van der Waals surface area contributed by atoms with Crippen molar-refractivity contribution in [3.05, 3.63) is 0 Å². The number of methoxy groups -OCH3 is 1. The number of carbonyl (C=O) groups is 1. The molecule has 4 heteroatoms. The third kappa shape index (κ3) is 5.04. The lowest BCUT2D eigenvalue weighted by atomic mass is 9.98. The number of nitrogens with two attached hydrogens (primary N) is 1. The van der Waals surface area contributed by atoms with Gasteiger partial charge in [0.15, 0.2) is 0 Å². The highest BCUT2D eigenvalue weighted by Gasteiger charge is 2.29. The van der Waals surface area contributed by atoms with Crippen molar-refractivity contribution < 1.29 is 9.53 Å². The van der Waals surface area contributed by atoms with E-state index in [9.17, 15) is 4.79 Å². The molecule has 0 spiro atoms. The molecule has 0 aliphatic carbocycles. The van der Waals surface area contributed by atoms with Gasteiger partial charge >= 0.3 is 5.97 Å². The van der Waals surface area contributed by atoms with Gasteiger partial charge in [0.05, 0.1) is 7.11 Å². The molecule has 1 unspecified atom stereocenters. The lowest BCUT2D eigenvalue weighted by Gasteiger charge is -2.28. The molecule has 0 radical (unpaired) electrons. The highest BCUT2D eigenvalue weighted by Crippen LogP contribution is 2.14. The summed E-state index contributed by atoms with van der Waals surface area (Å²) in [7, 11) is 1.39. The van der Waals surface area contributed by atoms with Crippen molar-refractivity contribution in [1.82, 2.24) is 4.90 Å². The molecule has 1 aliphatic heterocycles. The average Bonchev–Trinajstić information content (AvgIpc) is 2.26. The predicted octanol–water partition coefficient (Wildman–Crippen LogP) is 1.53. The SMILES string of the molecule is COC(=O)C(C)(N)CCN1CCCCCCC1. The van der Waals surface area contributed by atoms with E-state index in [0.29, 0.717) is 6.42 Å². The van der Waals surface area contributed by atoms with Crippen LogP contribution < -0.4 is 5.73 Å². The molecule has 0 aromatic carbocycles. The first-order valence-corrected chi connectivity index (χ1v) is 6.66. The van der Waals surface area contributed by atoms with Crippen LogP contribution in [0, 0.1) is 0 Å². The normalized spacial score (nSPS) is 22.3. The Labute approximate surface area is 104 Å². The summed E-state index contributed by atoms with van der Waals surface area (Å²) in [5.74, 6) is -0.315. The van der Waals surface area contributed by atoms with Crippen LogP contribution in [0.25, 0.3) is 0 Å². The Morgan fingerprint density at radius 3 is 2.29 bits per heavy atom. The second-order valence-corrected chi connectivity index (χ2v) is 5.27. The Hall–Kier alpha value is -0.610. The van der Waals surface area contributed by atoms with Crippen molar-refractivity contribution in [2.24, 2.45) is 5.73 Å². The topological polar surface area (TPSA) is 55.6 Å². The van der Waals surface area contributed by atoms with Crippen molar-refractivity contribution in [2.75, 3.05) is 26.7 Å². The summed E-state index contributed by atoms with van der Waals surface area (Å²) in [4.78, 5) is 13.9. The maximum absolute atomic E-state index is 11.5. The zero-order valence-electron chi connectivity index (χ0n) is 11.2. The summed E-state index contributed by atoms with van der Waals surface area (Å²) in [6, 6.07) is 0. The standard InChI is InChI=1S/C13H26N2O2/c1-13(14,12(16)17-2)8-11-15-9-6-4-3-5-7-10-15/h3-11,14H2,1-2H3. The van der Waals surface area contributed by atoms with Crippen molar-refractivity contribution in [2.45, 2.75) is 51.0 Å². The van der Waals surface area contributed by atoms with Crippen molar-refractivity contribution >= 4 is 5.97 Å². The van der Waals surface area contributed by atoms with Gasteiger partial charge in [0.25, 0.3) is 0 Å². The molecule has 0 amide bonds. The summed E-state index contributed by atoms with van der Waals surface area (Å²) >= 11 is 0. The lowest BCUT2D eigenvalue weighted by Crippen LogP contribution is -2.48. The molecule has 100 valence electrons. The van der Waals surface area contributed by atoms with Gasteiger partial charge in [-0.1, -0.05) is 19.3 Å². The van der Waals surface area contributed by atoms with Crippen molar-refractivity contribution in [3.63, 3.8) is 0 Å². The van der Waals surface area contributed by atoms with Gasteiger partial charge < -0.3 is 15.4 Å². The van der Waals surface area contributed by atoms with Gasteiger partial charge in [-0.25, -0.2) is 0 Å². The third-order valence-corrected chi connectivity index (χ3v) is 3.55. The number of hydrogen-bond acceptors (Lipinski definition) is 4. The quantitative estimate of drug-likeness (QED) is 0.760. The van der Waals surface area contributed by atoms with Crippen LogP contribution in [0.5, 0.6) is 0 Å². The summed E-state index contributed by atoms with van der Waals surface area (Å²) in [6.07, 6.45) is 7.21. The number of carbonyl (C=O) groups excluding carboxylic acids is 1. The Kier molecular flexibility index (Phi) is 5.92. The zero-order valence-corrected chi connectivity index (χ0v) is 11.2. The number of esters is 1. The summed E-state index contributed by atoms with van der Waals surface area (Å²) < 4.78 is 4.72. The van der Waals surface area contributed by atoms with Crippen LogP contribution in [0.2, 0.25) is 0 Å². The molecule has 0 saturated carbocycles. The Bertz CT molecular complexity index is 234. The van der Waals surface area contributed by atoms with E-state index < -0.39 is 5.54 Å². The van der Waals surface area contributed by atoms with E-state index in [1.807, 2.05) is 0 Å². The molecule has 0 aromatic rings. The largest absolute Gasteiger partial charge is 0.468 e. The number of nitrogens with zero attached hydrogens (tertiary/aromatic N) is 1. The van der Waals surface area contributed by atoms with Crippen molar-refractivity contribution in [1.29, 1.82) is 0 Å². The average molecular weight is 242 g/mol. The van der Waals surface area contributed by atoms with Crippen LogP contribution >= 0.6 is 0 Å². The van der Waals surface area contributed by atoms with Gasteiger partial charge in [0.2, 0.25) is 0 Å². The van der Waals surface area contributed by atoms with Gasteiger partial charge in [-0.3, -0.25) is 4.79 Å². The highest BCUT2D eigenvalue weighted by atomic mass is 16.5. The molecule has 1 rings (SSSR count). The zero-order chi connectivity index (χ0) is 12.7. The number of rotatable bonds is 4. The molecule has 0 aromatic heterocycles. The van der Waals surface area contributed by atoms with E-state index in [4.69, 9.17) is 10.5 Å². The molecule has 17 heavy (non-hydrogen) atoms. The fourth-order valence-corrected chi connectivity index (χ4v) is 2.26. The van der Waals surface area contributed by atoms with E-state index in [2.05, 4.69) is 4.90 Å².